The molecule has 1 saturated heterocycles. The fraction of sp³-hybridized carbons (Fsp3) is 0.538. The molecule has 0 aliphatic carbocycles. The molecule has 3 rings (SSSR count). The second-order valence-electron chi connectivity index (χ2n) is 10.2. The van der Waals surface area contributed by atoms with Gasteiger partial charge in [-0.15, -0.1) is 0 Å². The van der Waals surface area contributed by atoms with Crippen LogP contribution in [0.3, 0.4) is 0 Å². The predicted molar refractivity (Wildman–Crippen MR) is 140 cm³/mol. The van der Waals surface area contributed by atoms with E-state index >= 15 is 0 Å². The molecule has 2 aromatic rings. The van der Waals surface area contributed by atoms with E-state index in [4.69, 9.17) is 26.4 Å². The summed E-state index contributed by atoms with van der Waals surface area (Å²) in [6.07, 6.45) is 5.63. The molecule has 0 amide bonds. The predicted octanol–water partition coefficient (Wildman–Crippen LogP) is 4.29. The summed E-state index contributed by atoms with van der Waals surface area (Å²) in [4.78, 5) is 6.44. The van der Waals surface area contributed by atoms with Crippen LogP contribution in [0.2, 0.25) is 0 Å². The summed E-state index contributed by atoms with van der Waals surface area (Å²) >= 11 is 5.96. The Morgan fingerprint density at radius 1 is 1.03 bits per heavy atom. The summed E-state index contributed by atoms with van der Waals surface area (Å²) < 4.78 is 16.6. The van der Waals surface area contributed by atoms with Crippen molar-refractivity contribution in [2.75, 3.05) is 21.3 Å². The van der Waals surface area contributed by atoms with Crippen molar-refractivity contribution in [3.63, 3.8) is 0 Å². The molecule has 0 bridgehead atoms. The van der Waals surface area contributed by atoms with Crippen molar-refractivity contribution in [1.29, 1.82) is 0 Å². The lowest BCUT2D eigenvalue weighted by Crippen LogP contribution is -2.62. The highest BCUT2D eigenvalue weighted by Crippen LogP contribution is 2.38. The third-order valence-electron chi connectivity index (χ3n) is 6.00. The summed E-state index contributed by atoms with van der Waals surface area (Å²) in [5.74, 6) is 1.82. The molecule has 1 aromatic heterocycles. The van der Waals surface area contributed by atoms with Gasteiger partial charge in [0.1, 0.15) is 0 Å². The lowest BCUT2D eigenvalue weighted by Gasteiger charge is -2.47. The van der Waals surface area contributed by atoms with Crippen LogP contribution in [0, 0.1) is 0 Å². The molecule has 0 saturated carbocycles. The van der Waals surface area contributed by atoms with Crippen LogP contribution in [0.5, 0.6) is 17.2 Å². The molecule has 1 aliphatic rings. The van der Waals surface area contributed by atoms with E-state index in [9.17, 15) is 0 Å². The molecule has 186 valence electrons. The Bertz CT molecular complexity index is 940. The van der Waals surface area contributed by atoms with E-state index < -0.39 is 0 Å². The van der Waals surface area contributed by atoms with E-state index in [0.717, 1.165) is 29.1 Å². The van der Waals surface area contributed by atoms with Gasteiger partial charge < -0.3 is 29.7 Å². The van der Waals surface area contributed by atoms with Crippen molar-refractivity contribution in [3.05, 3.63) is 47.8 Å². The zero-order valence-electron chi connectivity index (χ0n) is 21.4. The summed E-state index contributed by atoms with van der Waals surface area (Å²) in [5.41, 5.74) is 2.15. The van der Waals surface area contributed by atoms with Gasteiger partial charge in [0.15, 0.2) is 16.6 Å². The number of nitrogens with one attached hydrogen (secondary N) is 2. The summed E-state index contributed by atoms with van der Waals surface area (Å²) in [6.45, 7) is 10.2. The number of thiocarbonyl (C=S) groups is 1. The van der Waals surface area contributed by atoms with Gasteiger partial charge in [-0.25, -0.2) is 0 Å². The maximum absolute atomic E-state index is 5.96. The van der Waals surface area contributed by atoms with Crippen LogP contribution in [-0.2, 0) is 13.1 Å². The molecule has 1 fully saturated rings. The van der Waals surface area contributed by atoms with Crippen LogP contribution < -0.4 is 24.8 Å². The molecule has 2 heterocycles. The Hall–Kier alpha value is -2.58. The molecule has 1 aliphatic heterocycles. The minimum atomic E-state index is 0.0277. The Labute approximate surface area is 209 Å². The topological polar surface area (TPSA) is 67.9 Å². The van der Waals surface area contributed by atoms with Crippen LogP contribution in [0.4, 0.5) is 0 Å². The standard InChI is InChI=1S/C26H38N4O3S/c1-25(2)13-20(14-26(3,4)29-25)28-24(34)30(16-18-9-8-10-27-15-18)17-19-11-21(31-5)23(33-7)22(12-19)32-6/h8-12,15,20,29H,13-14,16-17H2,1-7H3,(H,28,34). The van der Waals surface area contributed by atoms with Crippen molar-refractivity contribution < 1.29 is 14.2 Å². The third kappa shape index (κ3) is 6.73. The van der Waals surface area contributed by atoms with E-state index in [0.29, 0.717) is 30.3 Å². The number of ether oxygens (including phenoxy) is 3. The number of rotatable bonds is 8. The second kappa shape index (κ2) is 10.8. The number of hydrogen-bond donors (Lipinski definition) is 2. The fourth-order valence-corrected chi connectivity index (χ4v) is 5.34. The normalized spacial score (nSPS) is 17.0. The molecular weight excluding hydrogens is 448 g/mol. The average molecular weight is 487 g/mol. The Morgan fingerprint density at radius 3 is 2.12 bits per heavy atom. The first-order valence-corrected chi connectivity index (χ1v) is 12.0. The summed E-state index contributed by atoms with van der Waals surface area (Å²) in [7, 11) is 4.86. The Balaban J connectivity index is 1.86. The molecule has 34 heavy (non-hydrogen) atoms. The van der Waals surface area contributed by atoms with Gasteiger partial charge in [-0.1, -0.05) is 6.07 Å². The summed E-state index contributed by atoms with van der Waals surface area (Å²) in [6, 6.07) is 8.22. The van der Waals surface area contributed by atoms with E-state index in [1.54, 1.807) is 27.5 Å². The third-order valence-corrected chi connectivity index (χ3v) is 6.38. The Morgan fingerprint density at radius 2 is 1.62 bits per heavy atom. The molecule has 2 N–H and O–H groups in total. The van der Waals surface area contributed by atoms with Crippen molar-refractivity contribution >= 4 is 17.3 Å². The van der Waals surface area contributed by atoms with Crippen molar-refractivity contribution in [3.8, 4) is 17.2 Å². The molecule has 0 spiro atoms. The fourth-order valence-electron chi connectivity index (χ4n) is 5.05. The molecule has 7 nitrogen and oxygen atoms in total. The van der Waals surface area contributed by atoms with Gasteiger partial charge in [0, 0.05) is 42.6 Å². The van der Waals surface area contributed by atoms with E-state index in [2.05, 4.69) is 54.3 Å². The smallest absolute Gasteiger partial charge is 0.203 e. The zero-order valence-corrected chi connectivity index (χ0v) is 22.2. The lowest BCUT2D eigenvalue weighted by molar-refractivity contribution is 0.153. The number of aromatic nitrogens is 1. The van der Waals surface area contributed by atoms with Crippen molar-refractivity contribution in [2.24, 2.45) is 0 Å². The van der Waals surface area contributed by atoms with Crippen LogP contribution in [-0.4, -0.2) is 53.4 Å². The number of piperidine rings is 1. The largest absolute Gasteiger partial charge is 0.493 e. The van der Waals surface area contributed by atoms with E-state index in [1.165, 1.54) is 0 Å². The molecule has 0 atom stereocenters. The van der Waals surface area contributed by atoms with Gasteiger partial charge in [-0.05, 0) is 82.1 Å². The van der Waals surface area contributed by atoms with Crippen molar-refractivity contribution in [2.45, 2.75) is 70.7 Å². The van der Waals surface area contributed by atoms with Gasteiger partial charge in [-0.2, -0.15) is 0 Å². The second-order valence-corrected chi connectivity index (χ2v) is 10.6. The monoisotopic (exact) mass is 486 g/mol. The molecule has 1 aromatic carbocycles. The number of nitrogens with zero attached hydrogens (tertiary/aromatic N) is 2. The van der Waals surface area contributed by atoms with Gasteiger partial charge in [0.05, 0.1) is 21.3 Å². The maximum Gasteiger partial charge on any atom is 0.203 e. The first kappa shape index (κ1) is 26.0. The average Bonchev–Trinajstić information content (AvgIpc) is 2.76. The minimum absolute atomic E-state index is 0.0277. The number of methoxy groups -OCH3 is 3. The maximum atomic E-state index is 5.96. The highest BCUT2D eigenvalue weighted by molar-refractivity contribution is 7.80. The highest BCUT2D eigenvalue weighted by Gasteiger charge is 2.38. The van der Waals surface area contributed by atoms with Crippen LogP contribution >= 0.6 is 12.2 Å². The number of pyridine rings is 1. The van der Waals surface area contributed by atoms with E-state index in [-0.39, 0.29) is 17.1 Å². The minimum Gasteiger partial charge on any atom is -0.493 e. The van der Waals surface area contributed by atoms with Crippen LogP contribution in [0.1, 0.15) is 51.7 Å². The van der Waals surface area contributed by atoms with Crippen LogP contribution in [0.25, 0.3) is 0 Å². The van der Waals surface area contributed by atoms with Gasteiger partial charge in [0.25, 0.3) is 0 Å². The quantitative estimate of drug-likeness (QED) is 0.536. The van der Waals surface area contributed by atoms with Crippen LogP contribution in [0.15, 0.2) is 36.7 Å². The molecule has 0 unspecified atom stereocenters. The van der Waals surface area contributed by atoms with E-state index in [1.807, 2.05) is 24.4 Å². The molecule has 0 radical (unpaired) electrons. The molecular formula is C26H38N4O3S. The van der Waals surface area contributed by atoms with Gasteiger partial charge in [0.2, 0.25) is 5.75 Å². The number of hydrogen-bond acceptors (Lipinski definition) is 6. The van der Waals surface area contributed by atoms with Crippen molar-refractivity contribution in [1.82, 2.24) is 20.5 Å². The Kier molecular flexibility index (Phi) is 8.25. The van der Waals surface area contributed by atoms with Gasteiger partial charge >= 0.3 is 0 Å². The number of benzene rings is 1. The zero-order chi connectivity index (χ0) is 24.9. The lowest BCUT2D eigenvalue weighted by atomic mass is 9.80. The molecule has 8 heteroatoms. The first-order chi connectivity index (χ1) is 16.1. The highest BCUT2D eigenvalue weighted by atomic mass is 32.1. The van der Waals surface area contributed by atoms with Gasteiger partial charge in [-0.3, -0.25) is 4.98 Å². The SMILES string of the molecule is COc1cc(CN(Cc2cccnc2)C(=S)NC2CC(C)(C)NC(C)(C)C2)cc(OC)c1OC. The summed E-state index contributed by atoms with van der Waals surface area (Å²) in [5, 5.41) is 8.11. The first-order valence-electron chi connectivity index (χ1n) is 11.6.